The van der Waals surface area contributed by atoms with E-state index in [1.165, 1.54) is 5.56 Å². The van der Waals surface area contributed by atoms with Crippen molar-refractivity contribution in [3.8, 4) is 0 Å². The summed E-state index contributed by atoms with van der Waals surface area (Å²) in [7, 11) is 0. The number of nitrogens with zero attached hydrogens (tertiary/aromatic N) is 2. The predicted octanol–water partition coefficient (Wildman–Crippen LogP) is 6.56. The van der Waals surface area contributed by atoms with Crippen molar-refractivity contribution >= 4 is 23.3 Å². The number of aryl methyl sites for hydroxylation is 2. The maximum Gasteiger partial charge on any atom is 0.257 e. The number of nitrogens with one attached hydrogen (secondary N) is 2. The number of rotatable bonds is 6. The number of fused-ring (bicyclic) bond motifs is 1. The highest BCUT2D eigenvalue weighted by Crippen LogP contribution is 2.41. The van der Waals surface area contributed by atoms with E-state index in [4.69, 9.17) is 16.7 Å². The molecule has 0 spiro atoms. The van der Waals surface area contributed by atoms with Gasteiger partial charge in [0.1, 0.15) is 11.4 Å². The number of hydrogen-bond acceptors (Lipinski definition) is 3. The fraction of sp³-hybridized carbons (Fsp3) is 0.500. The Morgan fingerprint density at radius 1 is 1.24 bits per heavy atom. The molecule has 0 radical (unpaired) electrons. The van der Waals surface area contributed by atoms with E-state index in [9.17, 15) is 4.79 Å². The van der Waals surface area contributed by atoms with E-state index in [-0.39, 0.29) is 23.4 Å². The highest BCUT2D eigenvalue weighted by atomic mass is 35.5. The zero-order valence-electron chi connectivity index (χ0n) is 21.2. The normalized spacial score (nSPS) is 21.4. The lowest BCUT2D eigenvalue weighted by molar-refractivity contribution is 0.0889. The van der Waals surface area contributed by atoms with Gasteiger partial charge in [0.25, 0.3) is 5.91 Å². The van der Waals surface area contributed by atoms with Crippen LogP contribution in [0, 0.1) is 19.8 Å². The smallest absolute Gasteiger partial charge is 0.257 e. The second kappa shape index (κ2) is 9.26. The van der Waals surface area contributed by atoms with Gasteiger partial charge in [-0.2, -0.15) is 5.10 Å². The molecular formula is C28H37ClN4O. The molecule has 0 fully saturated rings. The lowest BCUT2D eigenvalue weighted by Crippen LogP contribution is -2.47. The Bertz CT molecular complexity index is 1120. The number of hydrogen-bond donors (Lipinski definition) is 2. The Balaban J connectivity index is 1.70. The molecule has 2 heterocycles. The van der Waals surface area contributed by atoms with Crippen LogP contribution < -0.4 is 10.6 Å². The average molecular weight is 481 g/mol. The first-order valence-electron chi connectivity index (χ1n) is 12.4. The van der Waals surface area contributed by atoms with E-state index < -0.39 is 5.54 Å². The number of carbonyl (C=O) groups excluding carboxylic acids is 1. The molecule has 2 atom stereocenters. The Kier molecular flexibility index (Phi) is 6.69. The van der Waals surface area contributed by atoms with Crippen molar-refractivity contribution in [3.63, 3.8) is 0 Å². The molecule has 0 bridgehead atoms. The van der Waals surface area contributed by atoms with Gasteiger partial charge in [-0.05, 0) is 65.0 Å². The van der Waals surface area contributed by atoms with Crippen LogP contribution in [0.5, 0.6) is 0 Å². The third kappa shape index (κ3) is 4.31. The summed E-state index contributed by atoms with van der Waals surface area (Å²) < 4.78 is 2.00. The molecule has 1 aromatic carbocycles. The molecule has 2 aliphatic rings. The minimum atomic E-state index is -0.435. The molecule has 1 unspecified atom stereocenters. The third-order valence-electron chi connectivity index (χ3n) is 7.69. The average Bonchev–Trinajstić information content (AvgIpc) is 3.15. The van der Waals surface area contributed by atoms with Gasteiger partial charge in [0.05, 0.1) is 16.8 Å². The van der Waals surface area contributed by atoms with Crippen molar-refractivity contribution in [1.82, 2.24) is 15.1 Å². The summed E-state index contributed by atoms with van der Waals surface area (Å²) >= 11 is 6.62. The van der Waals surface area contributed by atoms with E-state index in [2.05, 4.69) is 75.6 Å². The molecular weight excluding hydrogens is 444 g/mol. The van der Waals surface area contributed by atoms with Crippen LogP contribution >= 0.6 is 11.6 Å². The molecule has 1 amide bonds. The molecule has 6 heteroatoms. The molecule has 34 heavy (non-hydrogen) atoms. The molecule has 5 nitrogen and oxygen atoms in total. The number of aromatic nitrogens is 2. The van der Waals surface area contributed by atoms with E-state index in [0.717, 1.165) is 47.8 Å². The van der Waals surface area contributed by atoms with Gasteiger partial charge in [-0.15, -0.1) is 0 Å². The van der Waals surface area contributed by atoms with Crippen LogP contribution in [0.4, 0.5) is 5.82 Å². The number of benzene rings is 1. The first-order chi connectivity index (χ1) is 16.1. The second-order valence-electron chi connectivity index (χ2n) is 10.4. The minimum absolute atomic E-state index is 0.0860. The molecule has 2 N–H and O–H groups in total. The number of halogens is 1. The maximum absolute atomic E-state index is 13.9. The summed E-state index contributed by atoms with van der Waals surface area (Å²) in [5.74, 6) is 0.890. The molecule has 182 valence electrons. The van der Waals surface area contributed by atoms with E-state index in [1.54, 1.807) is 0 Å². The largest absolute Gasteiger partial charge is 0.366 e. The molecule has 1 aliphatic carbocycles. The SMILES string of the molecule is CCC(CC)(NC(=O)c1c(C)nn2c1N[C@@H](C1CC=CC=C1Cl)CC2(C)C)c1ccc(C)cc1. The quantitative estimate of drug-likeness (QED) is 0.492. The van der Waals surface area contributed by atoms with Crippen LogP contribution in [-0.2, 0) is 11.1 Å². The third-order valence-corrected chi connectivity index (χ3v) is 8.09. The predicted molar refractivity (Wildman–Crippen MR) is 140 cm³/mol. The highest BCUT2D eigenvalue weighted by Gasteiger charge is 2.41. The monoisotopic (exact) mass is 480 g/mol. The number of allylic oxidation sites excluding steroid dienone is 3. The molecule has 4 rings (SSSR count). The fourth-order valence-corrected chi connectivity index (χ4v) is 5.82. The van der Waals surface area contributed by atoms with Gasteiger partial charge < -0.3 is 10.6 Å². The van der Waals surface area contributed by atoms with Crippen LogP contribution in [0.15, 0.2) is 47.5 Å². The van der Waals surface area contributed by atoms with E-state index in [0.29, 0.717) is 5.56 Å². The summed E-state index contributed by atoms with van der Waals surface area (Å²) in [5.41, 5.74) is 3.03. The number of amides is 1. The number of anilines is 1. The van der Waals surface area contributed by atoms with Gasteiger partial charge in [0.15, 0.2) is 0 Å². The molecule has 2 aromatic rings. The van der Waals surface area contributed by atoms with Gasteiger partial charge in [-0.3, -0.25) is 4.79 Å². The summed E-state index contributed by atoms with van der Waals surface area (Å²) in [4.78, 5) is 13.9. The van der Waals surface area contributed by atoms with E-state index >= 15 is 0 Å². The fourth-order valence-electron chi connectivity index (χ4n) is 5.50. The van der Waals surface area contributed by atoms with Gasteiger partial charge >= 0.3 is 0 Å². The van der Waals surface area contributed by atoms with Crippen molar-refractivity contribution in [2.24, 2.45) is 5.92 Å². The van der Waals surface area contributed by atoms with Crippen LogP contribution in [0.2, 0.25) is 0 Å². The second-order valence-corrected chi connectivity index (χ2v) is 10.9. The van der Waals surface area contributed by atoms with Crippen molar-refractivity contribution in [2.75, 3.05) is 5.32 Å². The van der Waals surface area contributed by atoms with E-state index in [1.807, 2.05) is 23.8 Å². The van der Waals surface area contributed by atoms with Crippen molar-refractivity contribution in [3.05, 3.63) is 69.9 Å². The first-order valence-corrected chi connectivity index (χ1v) is 12.8. The zero-order valence-corrected chi connectivity index (χ0v) is 22.0. The Morgan fingerprint density at radius 3 is 2.53 bits per heavy atom. The van der Waals surface area contributed by atoms with Gasteiger partial charge in [0, 0.05) is 17.0 Å². The molecule has 1 aliphatic heterocycles. The van der Waals surface area contributed by atoms with Gasteiger partial charge in [-0.1, -0.05) is 67.4 Å². The standard InChI is InChI=1S/C28H37ClN4O/c1-7-28(8-2,20-15-13-18(3)14-16-20)31-26(34)24-19(4)32-33-25(24)30-23(17-27(33,5)6)21-11-9-10-12-22(21)29/h9-10,12-16,21,23,30H,7-8,11,17H2,1-6H3,(H,31,34)/t21?,23-/m1/s1. The highest BCUT2D eigenvalue weighted by molar-refractivity contribution is 6.30. The van der Waals surface area contributed by atoms with Crippen LogP contribution in [0.1, 0.15) is 80.6 Å². The Hall–Kier alpha value is -2.53. The summed E-state index contributed by atoms with van der Waals surface area (Å²) in [5, 5.41) is 12.8. The van der Waals surface area contributed by atoms with Gasteiger partial charge in [-0.25, -0.2) is 4.68 Å². The van der Waals surface area contributed by atoms with Crippen molar-refractivity contribution in [1.29, 1.82) is 0 Å². The summed E-state index contributed by atoms with van der Waals surface area (Å²) in [6.07, 6.45) is 9.53. The zero-order chi connectivity index (χ0) is 24.7. The first kappa shape index (κ1) is 24.6. The molecule has 1 aromatic heterocycles. The van der Waals surface area contributed by atoms with Crippen LogP contribution in [-0.4, -0.2) is 21.7 Å². The Morgan fingerprint density at radius 2 is 1.91 bits per heavy atom. The minimum Gasteiger partial charge on any atom is -0.366 e. The van der Waals surface area contributed by atoms with Crippen LogP contribution in [0.3, 0.4) is 0 Å². The maximum atomic E-state index is 13.9. The number of carbonyl (C=O) groups is 1. The van der Waals surface area contributed by atoms with Crippen molar-refractivity contribution < 1.29 is 4.79 Å². The molecule has 0 saturated heterocycles. The lowest BCUT2D eigenvalue weighted by Gasteiger charge is -2.41. The van der Waals surface area contributed by atoms with Crippen LogP contribution in [0.25, 0.3) is 0 Å². The van der Waals surface area contributed by atoms with Gasteiger partial charge in [0.2, 0.25) is 0 Å². The lowest BCUT2D eigenvalue weighted by atomic mass is 9.82. The summed E-state index contributed by atoms with van der Waals surface area (Å²) in [6, 6.07) is 8.60. The topological polar surface area (TPSA) is 59.0 Å². The molecule has 0 saturated carbocycles. The Labute approximate surface area is 208 Å². The summed E-state index contributed by atoms with van der Waals surface area (Å²) in [6.45, 7) is 12.6. The van der Waals surface area contributed by atoms with Crippen molar-refractivity contribution in [2.45, 2.75) is 84.3 Å².